The average molecular weight is 424 g/mol. The maximum Gasteiger partial charge on any atom is 0.283 e. The van der Waals surface area contributed by atoms with Crippen molar-refractivity contribution in [2.45, 2.75) is 0 Å². The van der Waals surface area contributed by atoms with Crippen molar-refractivity contribution in [2.75, 3.05) is 0 Å². The van der Waals surface area contributed by atoms with E-state index in [4.69, 9.17) is 0 Å². The van der Waals surface area contributed by atoms with Crippen LogP contribution in [0, 0.1) is 23.8 Å². The van der Waals surface area contributed by atoms with Gasteiger partial charge in [0.15, 0.2) is 5.78 Å². The van der Waals surface area contributed by atoms with Crippen LogP contribution in [0.4, 0.5) is 11.4 Å². The van der Waals surface area contributed by atoms with E-state index in [1.807, 2.05) is 0 Å². The van der Waals surface area contributed by atoms with Gasteiger partial charge in [0.2, 0.25) is 0 Å². The number of nitro groups is 2. The molecule has 0 heterocycles. The molecule has 0 aliphatic rings. The van der Waals surface area contributed by atoms with Crippen LogP contribution in [-0.4, -0.2) is 15.6 Å². The number of carbonyl (C=O) groups is 1. The Labute approximate surface area is 144 Å². The van der Waals surface area contributed by atoms with Crippen LogP contribution < -0.4 is 0 Å². The van der Waals surface area contributed by atoms with Crippen molar-refractivity contribution in [3.8, 4) is 0 Å². The number of carbonyl (C=O) groups excluding carboxylic acids is 1. The van der Waals surface area contributed by atoms with Crippen LogP contribution in [0.3, 0.4) is 0 Å². The summed E-state index contributed by atoms with van der Waals surface area (Å²) in [5, 5.41) is 21.7. The third-order valence-corrected chi connectivity index (χ3v) is 3.68. The number of hydrogen-bond donors (Lipinski definition) is 0. The second kappa shape index (κ2) is 7.09. The Bertz CT molecular complexity index is 815. The molecular weight excluding hydrogens is 415 g/mol. The molecule has 0 saturated carbocycles. The summed E-state index contributed by atoms with van der Waals surface area (Å²) in [5.41, 5.74) is -0.227. The summed E-state index contributed by atoms with van der Waals surface area (Å²) in [6.45, 7) is 0. The van der Waals surface area contributed by atoms with Gasteiger partial charge in [-0.25, -0.2) is 0 Å². The largest absolute Gasteiger partial charge is 0.289 e. The van der Waals surface area contributed by atoms with Gasteiger partial charge in [-0.2, -0.15) is 0 Å². The minimum atomic E-state index is -0.720. The third-order valence-electron chi connectivity index (χ3n) is 2.96. The maximum atomic E-state index is 12.0. The summed E-state index contributed by atoms with van der Waals surface area (Å²) in [5.74, 6) is -0.311. The van der Waals surface area contributed by atoms with Crippen LogP contribution in [0.15, 0.2) is 48.5 Å². The zero-order chi connectivity index (χ0) is 17.0. The summed E-state index contributed by atoms with van der Waals surface area (Å²) < 4.78 is 0.981. The molecule has 2 rings (SSSR count). The Kier molecular flexibility index (Phi) is 5.16. The SMILES string of the molecule is O=C(C=Cc1ccc([N+](=O)[O-])cc1[N+](=O)[O-])c1ccc(I)cc1. The molecule has 0 aromatic heterocycles. The highest BCUT2D eigenvalue weighted by atomic mass is 127. The van der Waals surface area contributed by atoms with Gasteiger partial charge in [-0.1, -0.05) is 12.1 Å². The lowest BCUT2D eigenvalue weighted by molar-refractivity contribution is -0.394. The van der Waals surface area contributed by atoms with E-state index < -0.39 is 15.5 Å². The number of nitro benzene ring substituents is 2. The molecule has 116 valence electrons. The first-order valence-corrected chi connectivity index (χ1v) is 7.37. The molecule has 2 aromatic rings. The predicted octanol–water partition coefficient (Wildman–Crippen LogP) is 4.00. The Morgan fingerprint density at radius 3 is 2.22 bits per heavy atom. The van der Waals surface area contributed by atoms with E-state index in [0.717, 1.165) is 15.7 Å². The topological polar surface area (TPSA) is 103 Å². The van der Waals surface area contributed by atoms with E-state index >= 15 is 0 Å². The monoisotopic (exact) mass is 424 g/mol. The molecule has 0 unspecified atom stereocenters. The molecular formula is C15H9IN2O5. The smallest absolute Gasteiger partial charge is 0.283 e. The zero-order valence-corrected chi connectivity index (χ0v) is 13.7. The molecule has 0 amide bonds. The standard InChI is InChI=1S/C15H9IN2O5/c16-12-5-1-11(2-6-12)15(19)8-4-10-3-7-13(17(20)21)9-14(10)18(22)23/h1-9H. The highest BCUT2D eigenvalue weighted by Crippen LogP contribution is 2.25. The van der Waals surface area contributed by atoms with Crippen LogP contribution >= 0.6 is 22.6 Å². The molecule has 2 aromatic carbocycles. The van der Waals surface area contributed by atoms with Gasteiger partial charge in [0.1, 0.15) is 0 Å². The van der Waals surface area contributed by atoms with E-state index in [9.17, 15) is 25.0 Å². The summed E-state index contributed by atoms with van der Waals surface area (Å²) >= 11 is 2.11. The van der Waals surface area contributed by atoms with Crippen molar-refractivity contribution in [3.05, 3.63) is 83.5 Å². The van der Waals surface area contributed by atoms with Crippen molar-refractivity contribution in [1.82, 2.24) is 0 Å². The molecule has 0 atom stereocenters. The number of halogens is 1. The quantitative estimate of drug-likeness (QED) is 0.237. The molecule has 0 fully saturated rings. The van der Waals surface area contributed by atoms with Crippen molar-refractivity contribution in [1.29, 1.82) is 0 Å². The molecule has 7 nitrogen and oxygen atoms in total. The molecule has 0 bridgehead atoms. The maximum absolute atomic E-state index is 12.0. The fourth-order valence-electron chi connectivity index (χ4n) is 1.82. The molecule has 0 saturated heterocycles. The van der Waals surface area contributed by atoms with Crippen LogP contribution in [-0.2, 0) is 0 Å². The fraction of sp³-hybridized carbons (Fsp3) is 0. The number of allylic oxidation sites excluding steroid dienone is 1. The Hall–Kier alpha value is -2.62. The lowest BCUT2D eigenvalue weighted by Crippen LogP contribution is -1.96. The van der Waals surface area contributed by atoms with E-state index in [-0.39, 0.29) is 17.0 Å². The molecule has 0 radical (unpaired) electrons. The number of hydrogen-bond acceptors (Lipinski definition) is 5. The second-order valence-corrected chi connectivity index (χ2v) is 5.71. The lowest BCUT2D eigenvalue weighted by atomic mass is 10.1. The van der Waals surface area contributed by atoms with Gasteiger partial charge >= 0.3 is 0 Å². The first-order chi connectivity index (χ1) is 10.9. The van der Waals surface area contributed by atoms with Gasteiger partial charge in [-0.3, -0.25) is 25.0 Å². The van der Waals surface area contributed by atoms with Crippen molar-refractivity contribution < 1.29 is 14.6 Å². The number of ketones is 1. The summed E-state index contributed by atoms with van der Waals surface area (Å²) in [6, 6.07) is 10.1. The first-order valence-electron chi connectivity index (χ1n) is 6.29. The van der Waals surface area contributed by atoms with Gasteiger partial charge in [-0.05, 0) is 52.9 Å². The van der Waals surface area contributed by atoms with Gasteiger partial charge < -0.3 is 0 Å². The van der Waals surface area contributed by atoms with E-state index in [2.05, 4.69) is 22.6 Å². The van der Waals surface area contributed by atoms with Crippen LogP contribution in [0.5, 0.6) is 0 Å². The van der Waals surface area contributed by atoms with Crippen LogP contribution in [0.25, 0.3) is 6.08 Å². The molecule has 8 heteroatoms. The van der Waals surface area contributed by atoms with E-state index in [0.29, 0.717) is 5.56 Å². The third kappa shape index (κ3) is 4.19. The van der Waals surface area contributed by atoms with Crippen LogP contribution in [0.2, 0.25) is 0 Å². The molecule has 0 N–H and O–H groups in total. The van der Waals surface area contributed by atoms with Crippen molar-refractivity contribution in [3.63, 3.8) is 0 Å². The highest BCUT2D eigenvalue weighted by Gasteiger charge is 2.17. The number of nitrogens with zero attached hydrogens (tertiary/aromatic N) is 2. The minimum absolute atomic E-state index is 0.125. The first kappa shape index (κ1) is 16.7. The Morgan fingerprint density at radius 1 is 1.00 bits per heavy atom. The van der Waals surface area contributed by atoms with Gasteiger partial charge in [-0.15, -0.1) is 0 Å². The molecule has 0 aliphatic heterocycles. The minimum Gasteiger partial charge on any atom is -0.289 e. The highest BCUT2D eigenvalue weighted by molar-refractivity contribution is 14.1. The summed E-state index contributed by atoms with van der Waals surface area (Å²) in [7, 11) is 0. The summed E-state index contributed by atoms with van der Waals surface area (Å²) in [4.78, 5) is 32.3. The number of non-ortho nitro benzene ring substituents is 1. The van der Waals surface area contributed by atoms with Crippen LogP contribution in [0.1, 0.15) is 15.9 Å². The lowest BCUT2D eigenvalue weighted by Gasteiger charge is -1.99. The number of rotatable bonds is 5. The van der Waals surface area contributed by atoms with Gasteiger partial charge in [0.05, 0.1) is 21.5 Å². The number of benzene rings is 2. The Morgan fingerprint density at radius 2 is 1.65 bits per heavy atom. The fourth-order valence-corrected chi connectivity index (χ4v) is 2.18. The average Bonchev–Trinajstić information content (AvgIpc) is 2.52. The van der Waals surface area contributed by atoms with Gasteiger partial charge in [0.25, 0.3) is 11.4 Å². The van der Waals surface area contributed by atoms with Crippen molar-refractivity contribution in [2.24, 2.45) is 0 Å². The predicted molar refractivity (Wildman–Crippen MR) is 92.3 cm³/mol. The molecule has 0 spiro atoms. The normalized spacial score (nSPS) is 10.7. The van der Waals surface area contributed by atoms with Gasteiger partial charge in [0, 0.05) is 15.2 Å². The van der Waals surface area contributed by atoms with E-state index in [1.54, 1.807) is 24.3 Å². The molecule has 23 heavy (non-hydrogen) atoms. The second-order valence-electron chi connectivity index (χ2n) is 4.46. The molecule has 0 aliphatic carbocycles. The van der Waals surface area contributed by atoms with Crippen molar-refractivity contribution >= 4 is 45.8 Å². The summed E-state index contributed by atoms with van der Waals surface area (Å²) in [6.07, 6.45) is 2.48. The Balaban J connectivity index is 2.31. The van der Waals surface area contributed by atoms with E-state index in [1.165, 1.54) is 18.2 Å². The zero-order valence-electron chi connectivity index (χ0n) is 11.5.